The van der Waals surface area contributed by atoms with Crippen LogP contribution in [0.5, 0.6) is 0 Å². The summed E-state index contributed by atoms with van der Waals surface area (Å²) in [5.74, 6) is -0.0733. The maximum absolute atomic E-state index is 11.5. The lowest BCUT2D eigenvalue weighted by Crippen LogP contribution is -2.13. The van der Waals surface area contributed by atoms with E-state index in [-0.39, 0.29) is 16.8 Å². The number of nitrogens with zero attached hydrogens (tertiary/aromatic N) is 2. The highest BCUT2D eigenvalue weighted by atomic mass is 35.5. The van der Waals surface area contributed by atoms with Crippen LogP contribution in [0, 0.1) is 13.8 Å². The Morgan fingerprint density at radius 3 is 2.21 bits per heavy atom. The molecule has 0 aliphatic heterocycles. The molecule has 0 aliphatic rings. The highest BCUT2D eigenvalue weighted by molar-refractivity contribution is 7.91. The summed E-state index contributed by atoms with van der Waals surface area (Å²) in [7, 11) is -3.41. The smallest absolute Gasteiger partial charge is 0.224 e. The van der Waals surface area contributed by atoms with Crippen molar-refractivity contribution in [1.29, 1.82) is 0 Å². The summed E-state index contributed by atoms with van der Waals surface area (Å²) in [5.41, 5.74) is 1.29. The fourth-order valence-electron chi connectivity index (χ4n) is 1.03. The number of sulfone groups is 1. The maximum atomic E-state index is 11.5. The van der Waals surface area contributed by atoms with E-state index in [1.54, 1.807) is 19.9 Å². The van der Waals surface area contributed by atoms with Gasteiger partial charge in [0.1, 0.15) is 0 Å². The summed E-state index contributed by atoms with van der Waals surface area (Å²) in [6.07, 6.45) is 0. The zero-order chi connectivity index (χ0) is 10.8. The molecule has 0 aromatic carbocycles. The van der Waals surface area contributed by atoms with Gasteiger partial charge < -0.3 is 0 Å². The second-order valence-corrected chi connectivity index (χ2v) is 5.32. The van der Waals surface area contributed by atoms with Crippen LogP contribution >= 0.6 is 11.6 Å². The van der Waals surface area contributed by atoms with Crippen LogP contribution in [0.2, 0.25) is 0 Å². The van der Waals surface area contributed by atoms with Crippen LogP contribution in [0.3, 0.4) is 0 Å². The van der Waals surface area contributed by atoms with E-state index in [9.17, 15) is 8.42 Å². The van der Waals surface area contributed by atoms with E-state index in [0.717, 1.165) is 0 Å². The quantitative estimate of drug-likeness (QED) is 0.581. The van der Waals surface area contributed by atoms with Crippen molar-refractivity contribution in [1.82, 2.24) is 9.97 Å². The summed E-state index contributed by atoms with van der Waals surface area (Å²) >= 11 is 5.38. The van der Waals surface area contributed by atoms with Crippen LogP contribution in [-0.2, 0) is 9.84 Å². The zero-order valence-electron chi connectivity index (χ0n) is 7.99. The monoisotopic (exact) mass is 234 g/mol. The van der Waals surface area contributed by atoms with E-state index in [0.29, 0.717) is 11.4 Å². The van der Waals surface area contributed by atoms with E-state index in [1.807, 2.05) is 0 Å². The molecule has 0 saturated carbocycles. The lowest BCUT2D eigenvalue weighted by Gasteiger charge is -2.02. The molecule has 0 spiro atoms. The maximum Gasteiger partial charge on any atom is 0.247 e. The first-order valence-electron chi connectivity index (χ1n) is 4.07. The Kier molecular flexibility index (Phi) is 3.44. The van der Waals surface area contributed by atoms with Gasteiger partial charge in [0.05, 0.1) is 5.75 Å². The molecule has 0 saturated heterocycles. The number of hydrogen-bond donors (Lipinski definition) is 0. The van der Waals surface area contributed by atoms with Crippen molar-refractivity contribution in [3.63, 3.8) is 0 Å². The molecule has 1 heterocycles. The van der Waals surface area contributed by atoms with Crippen molar-refractivity contribution in [2.45, 2.75) is 19.0 Å². The average Bonchev–Trinajstić information content (AvgIpc) is 2.02. The molecule has 4 nitrogen and oxygen atoms in total. The molecule has 1 aromatic heterocycles. The third-order valence-electron chi connectivity index (χ3n) is 1.59. The Labute approximate surface area is 88.3 Å². The number of hydrogen-bond acceptors (Lipinski definition) is 4. The molecule has 0 amide bonds. The summed E-state index contributed by atoms with van der Waals surface area (Å²) in [6, 6.07) is 1.72. The Bertz CT molecular complexity index is 411. The van der Waals surface area contributed by atoms with Gasteiger partial charge in [0, 0.05) is 17.3 Å². The molecule has 6 heteroatoms. The number of aromatic nitrogens is 2. The molecule has 0 unspecified atom stereocenters. The first-order valence-corrected chi connectivity index (χ1v) is 6.25. The average molecular weight is 235 g/mol. The number of halogens is 1. The van der Waals surface area contributed by atoms with Gasteiger partial charge in [-0.3, -0.25) is 0 Å². The summed E-state index contributed by atoms with van der Waals surface area (Å²) < 4.78 is 23.1. The van der Waals surface area contributed by atoms with E-state index in [1.165, 1.54) is 0 Å². The fourth-order valence-corrected chi connectivity index (χ4v) is 2.59. The standard InChI is InChI=1S/C8H11ClN2O2S/c1-6-5-7(2)11-8(10-6)14(12,13)4-3-9/h5H,3-4H2,1-2H3. The molecular formula is C8H11ClN2O2S. The largest absolute Gasteiger partial charge is 0.247 e. The molecule has 1 rings (SSSR count). The van der Waals surface area contributed by atoms with Gasteiger partial charge in [-0.05, 0) is 19.9 Å². The molecule has 0 radical (unpaired) electrons. The molecule has 0 aliphatic carbocycles. The molecule has 14 heavy (non-hydrogen) atoms. The van der Waals surface area contributed by atoms with Crippen molar-refractivity contribution in [3.05, 3.63) is 17.5 Å². The van der Waals surface area contributed by atoms with E-state index in [2.05, 4.69) is 9.97 Å². The van der Waals surface area contributed by atoms with Crippen LogP contribution in [0.4, 0.5) is 0 Å². The van der Waals surface area contributed by atoms with Crippen molar-refractivity contribution >= 4 is 21.4 Å². The molecule has 0 bridgehead atoms. The lowest BCUT2D eigenvalue weighted by atomic mass is 10.4. The highest BCUT2D eigenvalue weighted by Gasteiger charge is 2.17. The second-order valence-electron chi connectivity index (χ2n) is 2.94. The van der Waals surface area contributed by atoms with Gasteiger partial charge in [-0.1, -0.05) is 0 Å². The molecule has 1 aromatic rings. The van der Waals surface area contributed by atoms with Crippen LogP contribution in [0.1, 0.15) is 11.4 Å². The SMILES string of the molecule is Cc1cc(C)nc(S(=O)(=O)CCCl)n1. The van der Waals surface area contributed by atoms with Crippen molar-refractivity contribution in [2.24, 2.45) is 0 Å². The van der Waals surface area contributed by atoms with Crippen LogP contribution in [0.25, 0.3) is 0 Å². The van der Waals surface area contributed by atoms with Crippen LogP contribution in [0.15, 0.2) is 11.2 Å². The van der Waals surface area contributed by atoms with Gasteiger partial charge in [-0.2, -0.15) is 0 Å². The topological polar surface area (TPSA) is 59.9 Å². The first kappa shape index (κ1) is 11.4. The molecule has 78 valence electrons. The fraction of sp³-hybridized carbons (Fsp3) is 0.500. The van der Waals surface area contributed by atoms with Crippen LogP contribution in [-0.4, -0.2) is 30.0 Å². The summed E-state index contributed by atoms with van der Waals surface area (Å²) in [5, 5.41) is -0.129. The van der Waals surface area contributed by atoms with Gasteiger partial charge in [-0.15, -0.1) is 11.6 Å². The van der Waals surface area contributed by atoms with Gasteiger partial charge in [0.2, 0.25) is 15.0 Å². The Hall–Kier alpha value is -0.680. The minimum absolute atomic E-state index is 0.0542. The minimum Gasteiger partial charge on any atom is -0.224 e. The zero-order valence-corrected chi connectivity index (χ0v) is 9.56. The van der Waals surface area contributed by atoms with Gasteiger partial charge in [0.25, 0.3) is 0 Å². The van der Waals surface area contributed by atoms with Gasteiger partial charge in [0.15, 0.2) is 0 Å². The predicted molar refractivity (Wildman–Crippen MR) is 54.3 cm³/mol. The van der Waals surface area contributed by atoms with Crippen LogP contribution < -0.4 is 0 Å². The number of alkyl halides is 1. The number of aryl methyl sites for hydroxylation is 2. The van der Waals surface area contributed by atoms with Crippen molar-refractivity contribution in [3.8, 4) is 0 Å². The Morgan fingerprint density at radius 2 is 1.79 bits per heavy atom. The normalized spacial score (nSPS) is 11.6. The Morgan fingerprint density at radius 1 is 1.29 bits per heavy atom. The van der Waals surface area contributed by atoms with E-state index in [4.69, 9.17) is 11.6 Å². The first-order chi connectivity index (χ1) is 6.45. The molecular weight excluding hydrogens is 224 g/mol. The predicted octanol–water partition coefficient (Wildman–Crippen LogP) is 1.11. The number of rotatable bonds is 3. The van der Waals surface area contributed by atoms with Crippen molar-refractivity contribution in [2.75, 3.05) is 11.6 Å². The lowest BCUT2D eigenvalue weighted by molar-refractivity contribution is 0.587. The van der Waals surface area contributed by atoms with E-state index >= 15 is 0 Å². The second kappa shape index (κ2) is 4.23. The minimum atomic E-state index is -3.41. The third-order valence-corrected chi connectivity index (χ3v) is 3.48. The summed E-state index contributed by atoms with van der Waals surface area (Å²) in [4.78, 5) is 7.73. The van der Waals surface area contributed by atoms with Gasteiger partial charge in [-0.25, -0.2) is 18.4 Å². The van der Waals surface area contributed by atoms with E-state index < -0.39 is 9.84 Å². The molecule has 0 fully saturated rings. The van der Waals surface area contributed by atoms with Gasteiger partial charge >= 0.3 is 0 Å². The highest BCUT2D eigenvalue weighted by Crippen LogP contribution is 2.07. The Balaban J connectivity index is 3.19. The van der Waals surface area contributed by atoms with Crippen molar-refractivity contribution < 1.29 is 8.42 Å². The summed E-state index contributed by atoms with van der Waals surface area (Å²) in [6.45, 7) is 3.46. The molecule has 0 N–H and O–H groups in total. The third kappa shape index (κ3) is 2.65. The molecule has 0 atom stereocenters.